The average molecular weight is 259 g/mol. The number of carbonyl (C=O) groups excluding carboxylic acids is 1. The zero-order valence-corrected chi connectivity index (χ0v) is 10.5. The highest BCUT2D eigenvalue weighted by Gasteiger charge is 1.97. The number of nitrogens with two attached hydrogens (primary N) is 1. The van der Waals surface area contributed by atoms with Crippen molar-refractivity contribution in [3.63, 3.8) is 0 Å². The van der Waals surface area contributed by atoms with Gasteiger partial charge < -0.3 is 15.8 Å². The first-order chi connectivity index (χ1) is 7.83. The lowest BCUT2D eigenvalue weighted by atomic mass is 10.3. The Hall–Kier alpha value is -1.26. The van der Waals surface area contributed by atoms with Crippen molar-refractivity contribution in [2.75, 3.05) is 19.7 Å². The van der Waals surface area contributed by atoms with Crippen LogP contribution in [0.5, 0.6) is 5.75 Å². The molecule has 0 radical (unpaired) electrons. The highest BCUT2D eigenvalue weighted by atomic mass is 35.5. The molecule has 5 heteroatoms. The molecular formula is C12H19ClN2O2. The molecule has 1 amide bonds. The van der Waals surface area contributed by atoms with Gasteiger partial charge in [0.2, 0.25) is 5.91 Å². The number of hydrogen-bond acceptors (Lipinski definition) is 3. The molecule has 0 aliphatic carbocycles. The molecule has 17 heavy (non-hydrogen) atoms. The van der Waals surface area contributed by atoms with Crippen LogP contribution in [0.3, 0.4) is 0 Å². The molecule has 96 valence electrons. The Balaban J connectivity index is 0.00000256. The van der Waals surface area contributed by atoms with E-state index in [1.165, 1.54) is 0 Å². The summed E-state index contributed by atoms with van der Waals surface area (Å²) >= 11 is 0. The molecule has 1 aromatic carbocycles. The topological polar surface area (TPSA) is 64.4 Å². The SMILES string of the molecule is Cl.NCCC(=O)NCCCOc1ccccc1. The van der Waals surface area contributed by atoms with Gasteiger partial charge in [0, 0.05) is 19.5 Å². The maximum Gasteiger partial charge on any atom is 0.221 e. The van der Waals surface area contributed by atoms with Crippen molar-refractivity contribution in [2.45, 2.75) is 12.8 Å². The number of halogens is 1. The molecular weight excluding hydrogens is 240 g/mol. The largest absolute Gasteiger partial charge is 0.494 e. The van der Waals surface area contributed by atoms with Crippen molar-refractivity contribution in [1.29, 1.82) is 0 Å². The van der Waals surface area contributed by atoms with Crippen LogP contribution >= 0.6 is 12.4 Å². The zero-order chi connectivity index (χ0) is 11.6. The summed E-state index contributed by atoms with van der Waals surface area (Å²) in [4.78, 5) is 11.0. The quantitative estimate of drug-likeness (QED) is 0.726. The maximum absolute atomic E-state index is 11.0. The molecule has 0 aromatic heterocycles. The van der Waals surface area contributed by atoms with Crippen molar-refractivity contribution < 1.29 is 9.53 Å². The van der Waals surface area contributed by atoms with E-state index in [9.17, 15) is 4.79 Å². The van der Waals surface area contributed by atoms with Gasteiger partial charge in [0.25, 0.3) is 0 Å². The molecule has 0 saturated heterocycles. The van der Waals surface area contributed by atoms with Gasteiger partial charge in [-0.15, -0.1) is 12.4 Å². The predicted octanol–water partition coefficient (Wildman–Crippen LogP) is 1.34. The van der Waals surface area contributed by atoms with Crippen LogP contribution in [0, 0.1) is 0 Å². The van der Waals surface area contributed by atoms with Gasteiger partial charge in [-0.05, 0) is 18.6 Å². The van der Waals surface area contributed by atoms with Crippen molar-refractivity contribution in [3.8, 4) is 5.75 Å². The number of nitrogens with one attached hydrogen (secondary N) is 1. The summed E-state index contributed by atoms with van der Waals surface area (Å²) in [7, 11) is 0. The van der Waals surface area contributed by atoms with E-state index >= 15 is 0 Å². The van der Waals surface area contributed by atoms with E-state index in [2.05, 4.69) is 5.32 Å². The molecule has 0 spiro atoms. The summed E-state index contributed by atoms with van der Waals surface area (Å²) in [5.41, 5.74) is 5.25. The lowest BCUT2D eigenvalue weighted by molar-refractivity contribution is -0.120. The van der Waals surface area contributed by atoms with Crippen molar-refractivity contribution in [2.24, 2.45) is 5.73 Å². The second-order valence-electron chi connectivity index (χ2n) is 3.40. The van der Waals surface area contributed by atoms with Crippen LogP contribution in [0.4, 0.5) is 0 Å². The number of ether oxygens (including phenoxy) is 1. The van der Waals surface area contributed by atoms with Crippen LogP contribution < -0.4 is 15.8 Å². The fraction of sp³-hybridized carbons (Fsp3) is 0.417. The van der Waals surface area contributed by atoms with Crippen molar-refractivity contribution in [1.82, 2.24) is 5.32 Å². The van der Waals surface area contributed by atoms with E-state index in [1.807, 2.05) is 30.3 Å². The number of carbonyl (C=O) groups is 1. The Morgan fingerprint density at radius 1 is 1.29 bits per heavy atom. The Kier molecular flexibility index (Phi) is 9.19. The third kappa shape index (κ3) is 7.60. The molecule has 0 fully saturated rings. The van der Waals surface area contributed by atoms with Crippen LogP contribution in [-0.4, -0.2) is 25.6 Å². The minimum absolute atomic E-state index is 0. The van der Waals surface area contributed by atoms with Crippen LogP contribution in [0.1, 0.15) is 12.8 Å². The third-order valence-corrected chi connectivity index (χ3v) is 2.03. The lowest BCUT2D eigenvalue weighted by Crippen LogP contribution is -2.27. The van der Waals surface area contributed by atoms with Crippen LogP contribution in [0.2, 0.25) is 0 Å². The molecule has 0 aliphatic heterocycles. The van der Waals surface area contributed by atoms with Gasteiger partial charge in [0.15, 0.2) is 0 Å². The van der Waals surface area contributed by atoms with E-state index in [-0.39, 0.29) is 18.3 Å². The van der Waals surface area contributed by atoms with Gasteiger partial charge in [-0.1, -0.05) is 18.2 Å². The Labute approximate surface area is 108 Å². The summed E-state index contributed by atoms with van der Waals surface area (Å²) in [5.74, 6) is 0.859. The normalized spacial score (nSPS) is 9.24. The highest BCUT2D eigenvalue weighted by Crippen LogP contribution is 2.07. The zero-order valence-electron chi connectivity index (χ0n) is 9.72. The van der Waals surface area contributed by atoms with Gasteiger partial charge in [-0.2, -0.15) is 0 Å². The first-order valence-corrected chi connectivity index (χ1v) is 5.47. The fourth-order valence-corrected chi connectivity index (χ4v) is 1.23. The molecule has 0 saturated carbocycles. The van der Waals surface area contributed by atoms with E-state index in [1.54, 1.807) is 0 Å². The number of amides is 1. The number of hydrogen-bond donors (Lipinski definition) is 2. The number of benzene rings is 1. The van der Waals surface area contributed by atoms with Crippen molar-refractivity contribution in [3.05, 3.63) is 30.3 Å². The molecule has 0 atom stereocenters. The molecule has 0 bridgehead atoms. The maximum atomic E-state index is 11.0. The molecule has 4 nitrogen and oxygen atoms in total. The van der Waals surface area contributed by atoms with Gasteiger partial charge in [-0.3, -0.25) is 4.79 Å². The molecule has 0 aliphatic rings. The van der Waals surface area contributed by atoms with Gasteiger partial charge in [-0.25, -0.2) is 0 Å². The molecule has 0 unspecified atom stereocenters. The highest BCUT2D eigenvalue weighted by molar-refractivity contribution is 5.85. The van der Waals surface area contributed by atoms with E-state index < -0.39 is 0 Å². The van der Waals surface area contributed by atoms with Crippen LogP contribution in [-0.2, 0) is 4.79 Å². The lowest BCUT2D eigenvalue weighted by Gasteiger charge is -2.06. The Morgan fingerprint density at radius 3 is 2.65 bits per heavy atom. The second-order valence-corrected chi connectivity index (χ2v) is 3.40. The summed E-state index contributed by atoms with van der Waals surface area (Å²) in [6.45, 7) is 1.63. The summed E-state index contributed by atoms with van der Waals surface area (Å²) < 4.78 is 5.47. The first kappa shape index (κ1) is 15.7. The standard InChI is InChI=1S/C12H18N2O2.ClH/c13-8-7-12(15)14-9-4-10-16-11-5-2-1-3-6-11;/h1-3,5-6H,4,7-10,13H2,(H,14,15);1H. The van der Waals surface area contributed by atoms with E-state index in [4.69, 9.17) is 10.5 Å². The summed E-state index contributed by atoms with van der Waals surface area (Å²) in [6.07, 6.45) is 1.19. The molecule has 1 rings (SSSR count). The number of rotatable bonds is 7. The monoisotopic (exact) mass is 258 g/mol. The predicted molar refractivity (Wildman–Crippen MR) is 70.5 cm³/mol. The smallest absolute Gasteiger partial charge is 0.221 e. The van der Waals surface area contributed by atoms with Crippen LogP contribution in [0.25, 0.3) is 0 Å². The second kappa shape index (κ2) is 9.93. The van der Waals surface area contributed by atoms with E-state index in [0.717, 1.165) is 12.2 Å². The average Bonchev–Trinajstić information content (AvgIpc) is 2.30. The summed E-state index contributed by atoms with van der Waals surface area (Å²) in [6, 6.07) is 9.62. The molecule has 3 N–H and O–H groups in total. The Bertz CT molecular complexity index is 307. The third-order valence-electron chi connectivity index (χ3n) is 2.03. The van der Waals surface area contributed by atoms with Crippen molar-refractivity contribution >= 4 is 18.3 Å². The molecule has 0 heterocycles. The van der Waals surface area contributed by atoms with Gasteiger partial charge in [0.05, 0.1) is 6.61 Å². The first-order valence-electron chi connectivity index (χ1n) is 5.47. The number of para-hydroxylation sites is 1. The van der Waals surface area contributed by atoms with Gasteiger partial charge >= 0.3 is 0 Å². The summed E-state index contributed by atoms with van der Waals surface area (Å²) in [5, 5.41) is 2.77. The van der Waals surface area contributed by atoms with Crippen LogP contribution in [0.15, 0.2) is 30.3 Å². The molecule has 1 aromatic rings. The Morgan fingerprint density at radius 2 is 2.00 bits per heavy atom. The van der Waals surface area contributed by atoms with E-state index in [0.29, 0.717) is 26.1 Å². The van der Waals surface area contributed by atoms with Gasteiger partial charge in [0.1, 0.15) is 5.75 Å². The minimum Gasteiger partial charge on any atom is -0.494 e. The minimum atomic E-state index is 0. The fourth-order valence-electron chi connectivity index (χ4n) is 1.23.